The molecule has 19 heavy (non-hydrogen) atoms. The second kappa shape index (κ2) is 5.91. The monoisotopic (exact) mass is 255 g/mol. The average Bonchev–Trinajstić information content (AvgIpc) is 2.41. The van der Waals surface area contributed by atoms with Gasteiger partial charge in [-0.25, -0.2) is 4.79 Å². The van der Waals surface area contributed by atoms with Crippen LogP contribution in [0.15, 0.2) is 48.5 Å². The molecule has 98 valence electrons. The summed E-state index contributed by atoms with van der Waals surface area (Å²) in [6, 6.07) is 14.8. The van der Waals surface area contributed by atoms with Crippen LogP contribution in [0.5, 0.6) is 0 Å². The quantitative estimate of drug-likeness (QED) is 0.738. The van der Waals surface area contributed by atoms with Gasteiger partial charge in [0.25, 0.3) is 0 Å². The van der Waals surface area contributed by atoms with Gasteiger partial charge in [-0.3, -0.25) is 0 Å². The number of urea groups is 1. The number of nitrogen functional groups attached to an aromatic ring is 1. The molecule has 0 aliphatic carbocycles. The van der Waals surface area contributed by atoms with Crippen molar-refractivity contribution in [3.8, 4) is 0 Å². The maximum absolute atomic E-state index is 11.7. The minimum absolute atomic E-state index is 0.231. The number of nitrogens with one attached hydrogen (secondary N) is 2. The van der Waals surface area contributed by atoms with Crippen molar-refractivity contribution in [2.45, 2.75) is 13.5 Å². The summed E-state index contributed by atoms with van der Waals surface area (Å²) in [6.45, 7) is 2.53. The third-order valence-corrected chi connectivity index (χ3v) is 2.74. The van der Waals surface area contributed by atoms with E-state index in [1.807, 2.05) is 31.2 Å². The van der Waals surface area contributed by atoms with Crippen LogP contribution in [-0.2, 0) is 6.54 Å². The minimum atomic E-state index is -0.231. The lowest BCUT2D eigenvalue weighted by Crippen LogP contribution is -2.28. The van der Waals surface area contributed by atoms with Crippen molar-refractivity contribution >= 4 is 17.4 Å². The molecular weight excluding hydrogens is 238 g/mol. The number of anilines is 2. The summed E-state index contributed by atoms with van der Waals surface area (Å²) in [5.74, 6) is 0. The Hall–Kier alpha value is -2.49. The number of benzene rings is 2. The Morgan fingerprint density at radius 1 is 1.05 bits per heavy atom. The number of carbonyl (C=O) groups is 1. The maximum Gasteiger partial charge on any atom is 0.319 e. The highest BCUT2D eigenvalue weighted by atomic mass is 16.2. The van der Waals surface area contributed by atoms with Gasteiger partial charge < -0.3 is 16.4 Å². The Morgan fingerprint density at radius 2 is 1.68 bits per heavy atom. The van der Waals surface area contributed by atoms with Crippen molar-refractivity contribution in [1.82, 2.24) is 5.32 Å². The van der Waals surface area contributed by atoms with Gasteiger partial charge in [-0.2, -0.15) is 0 Å². The Bertz CT molecular complexity index is 547. The Morgan fingerprint density at radius 3 is 2.32 bits per heavy atom. The fourth-order valence-corrected chi connectivity index (χ4v) is 1.63. The van der Waals surface area contributed by atoms with E-state index in [4.69, 9.17) is 5.73 Å². The zero-order valence-electron chi connectivity index (χ0n) is 10.8. The lowest BCUT2D eigenvalue weighted by atomic mass is 10.1. The highest BCUT2D eigenvalue weighted by Gasteiger charge is 2.01. The van der Waals surface area contributed by atoms with Gasteiger partial charge in [0.15, 0.2) is 0 Å². The van der Waals surface area contributed by atoms with E-state index in [-0.39, 0.29) is 6.03 Å². The first-order valence-corrected chi connectivity index (χ1v) is 6.09. The predicted molar refractivity (Wildman–Crippen MR) is 77.9 cm³/mol. The molecule has 0 aromatic heterocycles. The van der Waals surface area contributed by atoms with Gasteiger partial charge in [0.05, 0.1) is 0 Å². The van der Waals surface area contributed by atoms with E-state index < -0.39 is 0 Å². The minimum Gasteiger partial charge on any atom is -0.399 e. The second-order valence-corrected chi connectivity index (χ2v) is 4.42. The first-order valence-electron chi connectivity index (χ1n) is 6.09. The smallest absolute Gasteiger partial charge is 0.319 e. The highest BCUT2D eigenvalue weighted by Crippen LogP contribution is 2.10. The molecule has 0 aliphatic rings. The van der Waals surface area contributed by atoms with Gasteiger partial charge in [-0.1, -0.05) is 29.8 Å². The first kappa shape index (κ1) is 13.0. The molecule has 0 spiro atoms. The number of amides is 2. The highest BCUT2D eigenvalue weighted by molar-refractivity contribution is 5.89. The summed E-state index contributed by atoms with van der Waals surface area (Å²) in [7, 11) is 0. The third-order valence-electron chi connectivity index (χ3n) is 2.74. The standard InChI is InChI=1S/C15H17N3O/c1-11-2-4-12(5-3-11)10-17-15(19)18-14-8-6-13(16)7-9-14/h2-9H,10,16H2,1H3,(H2,17,18,19). The molecule has 0 bridgehead atoms. The van der Waals surface area contributed by atoms with Gasteiger partial charge in [-0.15, -0.1) is 0 Å². The van der Waals surface area contributed by atoms with Gasteiger partial charge in [0, 0.05) is 17.9 Å². The predicted octanol–water partition coefficient (Wildman–Crippen LogP) is 2.90. The van der Waals surface area contributed by atoms with Gasteiger partial charge in [0.2, 0.25) is 0 Å². The van der Waals surface area contributed by atoms with Crippen LogP contribution in [0.2, 0.25) is 0 Å². The molecule has 2 amide bonds. The van der Waals surface area contributed by atoms with Crippen LogP contribution >= 0.6 is 0 Å². The molecule has 4 heteroatoms. The summed E-state index contributed by atoms with van der Waals surface area (Å²) >= 11 is 0. The molecule has 0 heterocycles. The van der Waals surface area contributed by atoms with Crippen molar-refractivity contribution in [3.63, 3.8) is 0 Å². The van der Waals surface area contributed by atoms with E-state index in [9.17, 15) is 4.79 Å². The molecule has 2 rings (SSSR count). The van der Waals surface area contributed by atoms with E-state index in [1.54, 1.807) is 24.3 Å². The van der Waals surface area contributed by atoms with Crippen LogP contribution in [-0.4, -0.2) is 6.03 Å². The van der Waals surface area contributed by atoms with Gasteiger partial charge in [0.1, 0.15) is 0 Å². The van der Waals surface area contributed by atoms with Crippen molar-refractivity contribution in [2.75, 3.05) is 11.1 Å². The number of rotatable bonds is 3. The van der Waals surface area contributed by atoms with Crippen LogP contribution in [0, 0.1) is 6.92 Å². The number of aryl methyl sites for hydroxylation is 1. The Balaban J connectivity index is 1.84. The SMILES string of the molecule is Cc1ccc(CNC(=O)Nc2ccc(N)cc2)cc1. The van der Waals surface area contributed by atoms with Crippen molar-refractivity contribution in [1.29, 1.82) is 0 Å². The van der Waals surface area contributed by atoms with Crippen molar-refractivity contribution in [2.24, 2.45) is 0 Å². The lowest BCUT2D eigenvalue weighted by molar-refractivity contribution is 0.251. The van der Waals surface area contributed by atoms with Crippen molar-refractivity contribution in [3.05, 3.63) is 59.7 Å². The number of hydrogen-bond donors (Lipinski definition) is 3. The molecule has 0 saturated carbocycles. The van der Waals surface area contributed by atoms with E-state index >= 15 is 0 Å². The van der Waals surface area contributed by atoms with Crippen molar-refractivity contribution < 1.29 is 4.79 Å². The van der Waals surface area contributed by atoms with Crippen LogP contribution in [0.25, 0.3) is 0 Å². The molecule has 0 unspecified atom stereocenters. The summed E-state index contributed by atoms with van der Waals surface area (Å²) in [5.41, 5.74) is 9.24. The normalized spacial score (nSPS) is 9.95. The van der Waals surface area contributed by atoms with E-state index in [1.165, 1.54) is 5.56 Å². The second-order valence-electron chi connectivity index (χ2n) is 4.42. The molecule has 4 nitrogen and oxygen atoms in total. The van der Waals surface area contributed by atoms with E-state index in [0.29, 0.717) is 12.2 Å². The van der Waals surface area contributed by atoms with Crippen LogP contribution < -0.4 is 16.4 Å². The molecule has 2 aromatic carbocycles. The Labute approximate surface area is 112 Å². The molecule has 4 N–H and O–H groups in total. The molecule has 0 aliphatic heterocycles. The lowest BCUT2D eigenvalue weighted by Gasteiger charge is -2.08. The summed E-state index contributed by atoms with van der Waals surface area (Å²) in [5, 5.41) is 5.55. The number of hydrogen-bond acceptors (Lipinski definition) is 2. The fraction of sp³-hybridized carbons (Fsp3) is 0.133. The zero-order valence-corrected chi connectivity index (χ0v) is 10.8. The summed E-state index contributed by atoms with van der Waals surface area (Å²) in [6.07, 6.45) is 0. The largest absolute Gasteiger partial charge is 0.399 e. The van der Waals surface area contributed by atoms with Crippen LogP contribution in [0.4, 0.5) is 16.2 Å². The first-order chi connectivity index (χ1) is 9.13. The Kier molecular flexibility index (Phi) is 4.03. The summed E-state index contributed by atoms with van der Waals surface area (Å²) in [4.78, 5) is 11.7. The number of nitrogens with two attached hydrogens (primary N) is 1. The molecule has 0 fully saturated rings. The zero-order chi connectivity index (χ0) is 13.7. The van der Waals surface area contributed by atoms with Gasteiger partial charge >= 0.3 is 6.03 Å². The molecule has 0 atom stereocenters. The number of carbonyl (C=O) groups excluding carboxylic acids is 1. The topological polar surface area (TPSA) is 67.2 Å². The average molecular weight is 255 g/mol. The fourth-order valence-electron chi connectivity index (χ4n) is 1.63. The molecular formula is C15H17N3O. The van der Waals surface area contributed by atoms with E-state index in [0.717, 1.165) is 11.3 Å². The maximum atomic E-state index is 11.7. The summed E-state index contributed by atoms with van der Waals surface area (Å²) < 4.78 is 0. The van der Waals surface area contributed by atoms with E-state index in [2.05, 4.69) is 10.6 Å². The molecule has 0 radical (unpaired) electrons. The van der Waals surface area contributed by atoms with Gasteiger partial charge in [-0.05, 0) is 36.8 Å². The van der Waals surface area contributed by atoms with Crippen LogP contribution in [0.1, 0.15) is 11.1 Å². The molecule has 2 aromatic rings. The van der Waals surface area contributed by atoms with Crippen LogP contribution in [0.3, 0.4) is 0 Å². The third kappa shape index (κ3) is 4.03. The molecule has 0 saturated heterocycles.